The predicted octanol–water partition coefficient (Wildman–Crippen LogP) is 2.54. The minimum atomic E-state index is -0.797. The first kappa shape index (κ1) is 12.8. The van der Waals surface area contributed by atoms with Crippen LogP contribution in [0.15, 0.2) is 18.2 Å². The second-order valence-corrected chi connectivity index (χ2v) is 3.91. The molecule has 16 heavy (non-hydrogen) atoms. The Morgan fingerprint density at radius 2 is 2.06 bits per heavy atom. The predicted molar refractivity (Wildman–Crippen MR) is 58.4 cm³/mol. The van der Waals surface area contributed by atoms with Crippen LogP contribution in [0.2, 0.25) is 0 Å². The van der Waals surface area contributed by atoms with E-state index in [1.807, 2.05) is 13.8 Å². The topological polar surface area (TPSA) is 29.1 Å². The molecule has 0 aromatic heterocycles. The lowest BCUT2D eigenvalue weighted by atomic mass is 10.1. The fourth-order valence-electron chi connectivity index (χ4n) is 1.32. The van der Waals surface area contributed by atoms with Crippen LogP contribution in [0.5, 0.6) is 0 Å². The minimum absolute atomic E-state index is 0.0491. The summed E-state index contributed by atoms with van der Waals surface area (Å²) < 4.78 is 25.8. The molecule has 1 N–H and O–H groups in total. The number of hydrogen-bond acceptors (Lipinski definition) is 2. The van der Waals surface area contributed by atoms with Gasteiger partial charge in [-0.2, -0.15) is 0 Å². The molecule has 88 valence electrons. The maximum absolute atomic E-state index is 13.2. The molecule has 0 saturated heterocycles. The summed E-state index contributed by atoms with van der Waals surface area (Å²) >= 11 is 0. The smallest absolute Gasteiger partial charge is 0.167 e. The van der Waals surface area contributed by atoms with Gasteiger partial charge < -0.3 is 5.32 Å². The van der Waals surface area contributed by atoms with Gasteiger partial charge in [-0.05, 0) is 12.1 Å². The molecule has 0 atom stereocenters. The van der Waals surface area contributed by atoms with Gasteiger partial charge in [-0.25, -0.2) is 8.78 Å². The van der Waals surface area contributed by atoms with Gasteiger partial charge in [-0.3, -0.25) is 4.79 Å². The van der Waals surface area contributed by atoms with Crippen molar-refractivity contribution in [1.82, 2.24) is 5.32 Å². The monoisotopic (exact) mass is 227 g/mol. The molecule has 0 aliphatic rings. The number of carbonyl (C=O) groups excluding carboxylic acids is 1. The Labute approximate surface area is 93.7 Å². The van der Waals surface area contributed by atoms with E-state index < -0.39 is 11.6 Å². The van der Waals surface area contributed by atoms with Crippen LogP contribution in [0.25, 0.3) is 0 Å². The van der Waals surface area contributed by atoms with Crippen molar-refractivity contribution in [2.24, 2.45) is 0 Å². The van der Waals surface area contributed by atoms with E-state index in [1.54, 1.807) is 0 Å². The lowest BCUT2D eigenvalue weighted by molar-refractivity contribution is 0.0978. The van der Waals surface area contributed by atoms with E-state index >= 15 is 0 Å². The molecule has 0 amide bonds. The normalized spacial score (nSPS) is 10.8. The van der Waals surface area contributed by atoms with Gasteiger partial charge in [-0.1, -0.05) is 13.8 Å². The number of benzene rings is 1. The molecule has 1 aromatic carbocycles. The lowest BCUT2D eigenvalue weighted by Crippen LogP contribution is -2.25. The van der Waals surface area contributed by atoms with Gasteiger partial charge in [0.1, 0.15) is 11.6 Å². The average Bonchev–Trinajstić information content (AvgIpc) is 2.16. The van der Waals surface area contributed by atoms with Crippen LogP contribution in [-0.2, 0) is 0 Å². The summed E-state index contributed by atoms with van der Waals surface area (Å²) in [5.41, 5.74) is -0.0491. The van der Waals surface area contributed by atoms with E-state index in [0.29, 0.717) is 6.54 Å². The molecule has 1 aromatic rings. The maximum atomic E-state index is 13.2. The molecule has 4 heteroatoms. The third kappa shape index (κ3) is 3.70. The Morgan fingerprint density at radius 1 is 1.38 bits per heavy atom. The van der Waals surface area contributed by atoms with Crippen LogP contribution in [0.3, 0.4) is 0 Å². The summed E-state index contributed by atoms with van der Waals surface area (Å²) in [6.07, 6.45) is 0.209. The molecule has 0 spiro atoms. The highest BCUT2D eigenvalue weighted by Gasteiger charge is 2.11. The van der Waals surface area contributed by atoms with E-state index in [0.717, 1.165) is 12.1 Å². The quantitative estimate of drug-likeness (QED) is 0.783. The van der Waals surface area contributed by atoms with Crippen molar-refractivity contribution < 1.29 is 13.6 Å². The number of nitrogens with one attached hydrogen (secondary N) is 1. The average molecular weight is 227 g/mol. The fourth-order valence-corrected chi connectivity index (χ4v) is 1.32. The van der Waals surface area contributed by atoms with Gasteiger partial charge in [0.05, 0.1) is 5.56 Å². The molecular weight excluding hydrogens is 212 g/mol. The molecule has 1 rings (SSSR count). The summed E-state index contributed by atoms with van der Waals surface area (Å²) in [6, 6.07) is 3.28. The molecule has 0 aliphatic heterocycles. The molecule has 0 heterocycles. The zero-order valence-electron chi connectivity index (χ0n) is 9.39. The van der Waals surface area contributed by atoms with Crippen molar-refractivity contribution in [2.45, 2.75) is 26.3 Å². The highest BCUT2D eigenvalue weighted by atomic mass is 19.1. The second-order valence-electron chi connectivity index (χ2n) is 3.91. The number of ketones is 1. The van der Waals surface area contributed by atoms with Crippen LogP contribution in [0, 0.1) is 11.6 Å². The summed E-state index contributed by atoms with van der Waals surface area (Å²) in [5, 5.41) is 3.06. The molecule has 0 bridgehead atoms. The first-order valence-electron chi connectivity index (χ1n) is 5.22. The lowest BCUT2D eigenvalue weighted by Gasteiger charge is -2.07. The highest BCUT2D eigenvalue weighted by molar-refractivity contribution is 5.96. The zero-order valence-corrected chi connectivity index (χ0v) is 9.39. The standard InChI is InChI=1S/C12H15F2NO/c1-8(2)15-6-5-12(16)10-4-3-9(13)7-11(10)14/h3-4,7-8,15H,5-6H2,1-2H3. The Morgan fingerprint density at radius 3 is 2.62 bits per heavy atom. The number of Topliss-reactive ketones (excluding diaryl/α,β-unsaturated/α-hetero) is 1. The van der Waals surface area contributed by atoms with Gasteiger partial charge in [0.2, 0.25) is 0 Å². The van der Waals surface area contributed by atoms with Crippen LogP contribution in [0.4, 0.5) is 8.78 Å². The molecular formula is C12H15F2NO. The van der Waals surface area contributed by atoms with E-state index in [2.05, 4.69) is 5.32 Å². The van der Waals surface area contributed by atoms with E-state index in [4.69, 9.17) is 0 Å². The Bertz CT molecular complexity index is 377. The van der Waals surface area contributed by atoms with Crippen molar-refractivity contribution in [3.05, 3.63) is 35.4 Å². The molecule has 2 nitrogen and oxygen atoms in total. The Hall–Kier alpha value is -1.29. The van der Waals surface area contributed by atoms with Gasteiger partial charge in [-0.15, -0.1) is 0 Å². The minimum Gasteiger partial charge on any atom is -0.314 e. The van der Waals surface area contributed by atoms with E-state index in [1.165, 1.54) is 6.07 Å². The van der Waals surface area contributed by atoms with Crippen LogP contribution in [0.1, 0.15) is 30.6 Å². The maximum Gasteiger partial charge on any atom is 0.167 e. The molecule has 0 aliphatic carbocycles. The largest absolute Gasteiger partial charge is 0.314 e. The van der Waals surface area contributed by atoms with E-state index in [-0.39, 0.29) is 23.8 Å². The van der Waals surface area contributed by atoms with Gasteiger partial charge in [0.25, 0.3) is 0 Å². The fraction of sp³-hybridized carbons (Fsp3) is 0.417. The molecule has 0 fully saturated rings. The van der Waals surface area contributed by atoms with Crippen molar-refractivity contribution in [3.63, 3.8) is 0 Å². The van der Waals surface area contributed by atoms with E-state index in [9.17, 15) is 13.6 Å². The van der Waals surface area contributed by atoms with Crippen molar-refractivity contribution in [2.75, 3.05) is 6.54 Å². The van der Waals surface area contributed by atoms with Crippen molar-refractivity contribution >= 4 is 5.78 Å². The summed E-state index contributed by atoms with van der Waals surface area (Å²) in [7, 11) is 0. The molecule has 0 unspecified atom stereocenters. The number of carbonyl (C=O) groups is 1. The van der Waals surface area contributed by atoms with Crippen molar-refractivity contribution in [1.29, 1.82) is 0 Å². The SMILES string of the molecule is CC(C)NCCC(=O)c1ccc(F)cc1F. The summed E-state index contributed by atoms with van der Waals surface area (Å²) in [4.78, 5) is 11.6. The zero-order chi connectivity index (χ0) is 12.1. The van der Waals surface area contributed by atoms with Gasteiger partial charge in [0, 0.05) is 25.1 Å². The van der Waals surface area contributed by atoms with Crippen LogP contribution >= 0.6 is 0 Å². The second kappa shape index (κ2) is 5.70. The van der Waals surface area contributed by atoms with Gasteiger partial charge in [0.15, 0.2) is 5.78 Å². The third-order valence-corrected chi connectivity index (χ3v) is 2.14. The first-order valence-corrected chi connectivity index (χ1v) is 5.22. The third-order valence-electron chi connectivity index (χ3n) is 2.14. The van der Waals surface area contributed by atoms with Crippen molar-refractivity contribution in [3.8, 4) is 0 Å². The van der Waals surface area contributed by atoms with Gasteiger partial charge >= 0.3 is 0 Å². The number of hydrogen-bond donors (Lipinski definition) is 1. The molecule has 0 radical (unpaired) electrons. The van der Waals surface area contributed by atoms with Crippen LogP contribution in [-0.4, -0.2) is 18.4 Å². The Kier molecular flexibility index (Phi) is 4.55. The molecule has 0 saturated carbocycles. The summed E-state index contributed by atoms with van der Waals surface area (Å²) in [5.74, 6) is -1.78. The van der Waals surface area contributed by atoms with Crippen LogP contribution < -0.4 is 5.32 Å². The highest BCUT2D eigenvalue weighted by Crippen LogP contribution is 2.11. The number of halogens is 2. The Balaban J connectivity index is 2.59. The summed E-state index contributed by atoms with van der Waals surface area (Å²) in [6.45, 7) is 4.42. The first-order chi connectivity index (χ1) is 7.50. The number of rotatable bonds is 5.